The number of aromatic nitrogens is 4. The lowest BCUT2D eigenvalue weighted by Gasteiger charge is -2.38. The molecule has 3 N–H and O–H groups in total. The second kappa shape index (κ2) is 9.27. The molecule has 0 unspecified atom stereocenters. The van der Waals surface area contributed by atoms with Crippen LogP contribution in [0.5, 0.6) is 0 Å². The molecule has 0 saturated carbocycles. The molecular formula is C23H27N7O3. The van der Waals surface area contributed by atoms with Crippen molar-refractivity contribution in [2.45, 2.75) is 20.4 Å². The Balaban J connectivity index is 1.30. The number of nitrogens with zero attached hydrogens (tertiary/aromatic N) is 5. The first-order chi connectivity index (χ1) is 15.8. The van der Waals surface area contributed by atoms with Crippen molar-refractivity contribution < 1.29 is 14.7 Å². The van der Waals surface area contributed by atoms with E-state index in [4.69, 9.17) is 5.11 Å². The third-order valence-corrected chi connectivity index (χ3v) is 5.56. The normalized spacial score (nSPS) is 13.9. The highest BCUT2D eigenvalue weighted by Gasteiger charge is 2.33. The maximum absolute atomic E-state index is 12.5. The summed E-state index contributed by atoms with van der Waals surface area (Å²) in [6.07, 6.45) is 4.31. The number of anilines is 2. The van der Waals surface area contributed by atoms with E-state index in [1.165, 1.54) is 0 Å². The zero-order valence-electron chi connectivity index (χ0n) is 18.6. The summed E-state index contributed by atoms with van der Waals surface area (Å²) < 4.78 is 1.81. The van der Waals surface area contributed by atoms with Gasteiger partial charge < -0.3 is 20.6 Å². The third kappa shape index (κ3) is 5.65. The second-order valence-corrected chi connectivity index (χ2v) is 9.00. The van der Waals surface area contributed by atoms with Crippen molar-refractivity contribution in [3.8, 4) is 11.1 Å². The number of rotatable bonds is 8. The van der Waals surface area contributed by atoms with Crippen LogP contribution in [0.1, 0.15) is 13.8 Å². The number of hydrogen-bond acceptors (Lipinski definition) is 6. The standard InChI is InChI=1S/C23H27N7O3/c1-23(2,14-24-22(32)33)15-30-13-17(10-26-30)16-5-7-19(8-6-16)27-21(31)18-11-29(12-18)20-4-3-9-25-28-20/h3-10,13,18,24H,11-12,14-15H2,1-2H3,(H,27,31)(H,32,33). The fraction of sp³-hybridized carbons (Fsp3) is 0.348. The number of hydrogen-bond donors (Lipinski definition) is 3. The van der Waals surface area contributed by atoms with Gasteiger partial charge in [-0.25, -0.2) is 4.79 Å². The molecule has 3 aromatic rings. The van der Waals surface area contributed by atoms with Crippen LogP contribution in [0.4, 0.5) is 16.3 Å². The molecule has 1 aliphatic rings. The van der Waals surface area contributed by atoms with E-state index in [1.807, 2.05) is 66.0 Å². The molecule has 0 aliphatic carbocycles. The molecule has 10 heteroatoms. The number of amides is 2. The number of benzene rings is 1. The molecule has 1 aliphatic heterocycles. The lowest BCUT2D eigenvalue weighted by molar-refractivity contribution is -0.120. The monoisotopic (exact) mass is 449 g/mol. The molecule has 0 bridgehead atoms. The number of carboxylic acid groups (broad SMARTS) is 1. The van der Waals surface area contributed by atoms with Crippen molar-refractivity contribution in [1.82, 2.24) is 25.3 Å². The summed E-state index contributed by atoms with van der Waals surface area (Å²) in [6, 6.07) is 11.4. The largest absolute Gasteiger partial charge is 0.465 e. The van der Waals surface area contributed by atoms with Gasteiger partial charge in [0.15, 0.2) is 5.82 Å². The fourth-order valence-electron chi connectivity index (χ4n) is 3.69. The van der Waals surface area contributed by atoms with E-state index in [1.54, 1.807) is 12.4 Å². The summed E-state index contributed by atoms with van der Waals surface area (Å²) in [6.45, 7) is 6.13. The number of carbonyl (C=O) groups excluding carboxylic acids is 1. The van der Waals surface area contributed by atoms with Crippen LogP contribution in [0.15, 0.2) is 55.0 Å². The maximum Gasteiger partial charge on any atom is 0.404 e. The van der Waals surface area contributed by atoms with Crippen molar-refractivity contribution in [3.63, 3.8) is 0 Å². The van der Waals surface area contributed by atoms with E-state index in [9.17, 15) is 9.59 Å². The van der Waals surface area contributed by atoms with E-state index in [-0.39, 0.29) is 17.2 Å². The minimum Gasteiger partial charge on any atom is -0.465 e. The first-order valence-corrected chi connectivity index (χ1v) is 10.7. The van der Waals surface area contributed by atoms with Crippen LogP contribution in [0.2, 0.25) is 0 Å². The van der Waals surface area contributed by atoms with Crippen LogP contribution in [0.25, 0.3) is 11.1 Å². The van der Waals surface area contributed by atoms with Gasteiger partial charge in [-0.2, -0.15) is 10.2 Å². The maximum atomic E-state index is 12.5. The Bertz CT molecular complexity index is 1110. The van der Waals surface area contributed by atoms with E-state index in [2.05, 4.69) is 25.9 Å². The van der Waals surface area contributed by atoms with Gasteiger partial charge in [-0.1, -0.05) is 26.0 Å². The summed E-state index contributed by atoms with van der Waals surface area (Å²) in [5, 5.41) is 26.6. The molecule has 172 valence electrons. The SMILES string of the molecule is CC(C)(CNC(=O)O)Cn1cc(-c2ccc(NC(=O)C3CN(c4cccnn4)C3)cc2)cn1. The summed E-state index contributed by atoms with van der Waals surface area (Å²) in [5.41, 5.74) is 2.40. The Morgan fingerprint density at radius 1 is 1.15 bits per heavy atom. The first kappa shape index (κ1) is 22.3. The molecule has 1 fully saturated rings. The molecule has 0 atom stereocenters. The van der Waals surface area contributed by atoms with E-state index < -0.39 is 6.09 Å². The molecule has 2 amide bonds. The fourth-order valence-corrected chi connectivity index (χ4v) is 3.69. The van der Waals surface area contributed by atoms with Gasteiger partial charge in [0.2, 0.25) is 5.91 Å². The van der Waals surface area contributed by atoms with Crippen LogP contribution in [-0.4, -0.2) is 56.7 Å². The van der Waals surface area contributed by atoms with Crippen molar-refractivity contribution in [3.05, 3.63) is 55.0 Å². The quantitative estimate of drug-likeness (QED) is 0.483. The lowest BCUT2D eigenvalue weighted by Crippen LogP contribution is -2.52. The predicted octanol–water partition coefficient (Wildman–Crippen LogP) is 2.71. The zero-order chi connectivity index (χ0) is 23.4. The predicted molar refractivity (Wildman–Crippen MR) is 124 cm³/mol. The number of carbonyl (C=O) groups is 2. The molecule has 2 aromatic heterocycles. The minimum atomic E-state index is -1.03. The van der Waals surface area contributed by atoms with Crippen LogP contribution in [0.3, 0.4) is 0 Å². The summed E-state index contributed by atoms with van der Waals surface area (Å²) in [4.78, 5) is 25.3. The van der Waals surface area contributed by atoms with Gasteiger partial charge in [0.25, 0.3) is 0 Å². The molecule has 0 spiro atoms. The highest BCUT2D eigenvalue weighted by molar-refractivity contribution is 5.94. The van der Waals surface area contributed by atoms with Crippen molar-refractivity contribution in [2.24, 2.45) is 11.3 Å². The van der Waals surface area contributed by atoms with Crippen molar-refractivity contribution in [2.75, 3.05) is 29.9 Å². The highest BCUT2D eigenvalue weighted by atomic mass is 16.4. The van der Waals surface area contributed by atoms with Gasteiger partial charge in [0.05, 0.1) is 12.1 Å². The molecule has 1 aromatic carbocycles. The molecular weight excluding hydrogens is 422 g/mol. The Labute approximate surface area is 191 Å². The van der Waals surface area contributed by atoms with Crippen LogP contribution in [0, 0.1) is 11.3 Å². The Kier molecular flexibility index (Phi) is 6.25. The van der Waals surface area contributed by atoms with Gasteiger partial charge in [-0.3, -0.25) is 9.48 Å². The van der Waals surface area contributed by atoms with Gasteiger partial charge in [-0.05, 0) is 29.8 Å². The van der Waals surface area contributed by atoms with E-state index in [0.717, 1.165) is 22.6 Å². The Morgan fingerprint density at radius 3 is 2.58 bits per heavy atom. The molecule has 0 radical (unpaired) electrons. The summed E-state index contributed by atoms with van der Waals surface area (Å²) >= 11 is 0. The van der Waals surface area contributed by atoms with Crippen LogP contribution >= 0.6 is 0 Å². The number of nitrogens with one attached hydrogen (secondary N) is 2. The first-order valence-electron chi connectivity index (χ1n) is 10.7. The molecule has 4 rings (SSSR count). The Hall–Kier alpha value is -3.95. The minimum absolute atomic E-state index is 0.00656. The van der Waals surface area contributed by atoms with Gasteiger partial charge in [0.1, 0.15) is 0 Å². The van der Waals surface area contributed by atoms with Gasteiger partial charge in [0, 0.05) is 55.2 Å². The topological polar surface area (TPSA) is 125 Å². The average Bonchev–Trinajstić information content (AvgIpc) is 3.20. The van der Waals surface area contributed by atoms with Crippen molar-refractivity contribution in [1.29, 1.82) is 0 Å². The summed E-state index contributed by atoms with van der Waals surface area (Å²) in [5.74, 6) is 0.699. The van der Waals surface area contributed by atoms with Gasteiger partial charge in [-0.15, -0.1) is 5.10 Å². The van der Waals surface area contributed by atoms with Crippen LogP contribution < -0.4 is 15.5 Å². The lowest BCUT2D eigenvalue weighted by atomic mass is 9.93. The molecule has 10 nitrogen and oxygen atoms in total. The average molecular weight is 450 g/mol. The second-order valence-electron chi connectivity index (χ2n) is 9.00. The summed E-state index contributed by atoms with van der Waals surface area (Å²) in [7, 11) is 0. The van der Waals surface area contributed by atoms with Crippen LogP contribution in [-0.2, 0) is 11.3 Å². The molecule has 33 heavy (non-hydrogen) atoms. The van der Waals surface area contributed by atoms with Crippen molar-refractivity contribution >= 4 is 23.5 Å². The van der Waals surface area contributed by atoms with E-state index >= 15 is 0 Å². The zero-order valence-corrected chi connectivity index (χ0v) is 18.6. The van der Waals surface area contributed by atoms with Gasteiger partial charge >= 0.3 is 6.09 Å². The Morgan fingerprint density at radius 2 is 1.91 bits per heavy atom. The molecule has 1 saturated heterocycles. The smallest absolute Gasteiger partial charge is 0.404 e. The highest BCUT2D eigenvalue weighted by Crippen LogP contribution is 2.25. The van der Waals surface area contributed by atoms with E-state index in [0.29, 0.717) is 26.2 Å². The molecule has 3 heterocycles. The third-order valence-electron chi connectivity index (χ3n) is 5.56.